The Labute approximate surface area is 191 Å². The van der Waals surface area contributed by atoms with Crippen LogP contribution < -0.4 is 10.2 Å². The van der Waals surface area contributed by atoms with E-state index in [0.717, 1.165) is 28.2 Å². The lowest BCUT2D eigenvalue weighted by Crippen LogP contribution is -2.54. The van der Waals surface area contributed by atoms with Crippen LogP contribution in [0, 0.1) is 33.5 Å². The van der Waals surface area contributed by atoms with Crippen molar-refractivity contribution in [2.75, 3.05) is 4.90 Å². The van der Waals surface area contributed by atoms with Crippen molar-refractivity contribution in [3.8, 4) is 5.69 Å². The van der Waals surface area contributed by atoms with Crippen LogP contribution >= 0.6 is 12.2 Å². The first kappa shape index (κ1) is 21.6. The smallest absolute Gasteiger partial charge is 0.270 e. The third kappa shape index (κ3) is 3.65. The van der Waals surface area contributed by atoms with Crippen LogP contribution in [0.4, 0.5) is 10.1 Å². The second-order valence-corrected chi connectivity index (χ2v) is 8.20. The molecule has 0 radical (unpaired) electrons. The van der Waals surface area contributed by atoms with Gasteiger partial charge in [0.25, 0.3) is 11.8 Å². The predicted molar refractivity (Wildman–Crippen MR) is 127 cm³/mol. The summed E-state index contributed by atoms with van der Waals surface area (Å²) < 4.78 is 15.4. The van der Waals surface area contributed by atoms with E-state index in [0.29, 0.717) is 5.69 Å². The largest absolute Gasteiger partial charge is 0.318 e. The monoisotopic (exact) mass is 447 g/mol. The Morgan fingerprint density at radius 1 is 1.00 bits per heavy atom. The number of benzene rings is 2. The summed E-state index contributed by atoms with van der Waals surface area (Å²) in [6.45, 7) is 8.07. The molecular formula is C25H22FN3O2S. The van der Waals surface area contributed by atoms with Crippen LogP contribution in [-0.4, -0.2) is 21.5 Å². The van der Waals surface area contributed by atoms with Crippen molar-refractivity contribution < 1.29 is 14.0 Å². The molecule has 1 aliphatic rings. The van der Waals surface area contributed by atoms with Crippen LogP contribution in [0.1, 0.15) is 28.1 Å². The van der Waals surface area contributed by atoms with E-state index >= 15 is 0 Å². The van der Waals surface area contributed by atoms with Crippen molar-refractivity contribution in [2.45, 2.75) is 27.7 Å². The van der Waals surface area contributed by atoms with Gasteiger partial charge in [0.15, 0.2) is 5.11 Å². The molecule has 1 aromatic heterocycles. The molecule has 2 heterocycles. The van der Waals surface area contributed by atoms with Gasteiger partial charge in [-0.3, -0.25) is 19.8 Å². The highest BCUT2D eigenvalue weighted by Crippen LogP contribution is 2.28. The normalized spacial score (nSPS) is 15.5. The number of anilines is 1. The minimum Gasteiger partial charge on any atom is -0.318 e. The van der Waals surface area contributed by atoms with Gasteiger partial charge >= 0.3 is 0 Å². The molecule has 0 bridgehead atoms. The summed E-state index contributed by atoms with van der Waals surface area (Å²) in [7, 11) is 0. The average Bonchev–Trinajstić information content (AvgIpc) is 3.01. The molecule has 0 aliphatic carbocycles. The summed E-state index contributed by atoms with van der Waals surface area (Å²) in [5.41, 5.74) is 6.39. The molecule has 2 aromatic carbocycles. The fourth-order valence-electron chi connectivity index (χ4n) is 3.92. The first-order chi connectivity index (χ1) is 15.2. The fourth-order valence-corrected chi connectivity index (χ4v) is 4.20. The average molecular weight is 448 g/mol. The van der Waals surface area contributed by atoms with E-state index in [9.17, 15) is 14.0 Å². The molecule has 5 nitrogen and oxygen atoms in total. The number of aryl methyl sites for hydroxylation is 2. The van der Waals surface area contributed by atoms with Crippen LogP contribution in [0.2, 0.25) is 0 Å². The number of carbonyl (C=O) groups is 2. The van der Waals surface area contributed by atoms with E-state index in [1.807, 2.05) is 32.0 Å². The van der Waals surface area contributed by atoms with Gasteiger partial charge in [0, 0.05) is 17.1 Å². The van der Waals surface area contributed by atoms with Gasteiger partial charge in [-0.2, -0.15) is 0 Å². The maximum atomic E-state index is 13.3. The quantitative estimate of drug-likeness (QED) is 0.360. The zero-order valence-electron chi connectivity index (χ0n) is 18.2. The number of amides is 2. The Balaban J connectivity index is 1.78. The first-order valence-electron chi connectivity index (χ1n) is 10.1. The molecule has 1 fully saturated rings. The molecule has 3 aromatic rings. The zero-order chi connectivity index (χ0) is 23.2. The summed E-state index contributed by atoms with van der Waals surface area (Å²) >= 11 is 5.20. The summed E-state index contributed by atoms with van der Waals surface area (Å²) in [4.78, 5) is 27.1. The third-order valence-electron chi connectivity index (χ3n) is 5.77. The Kier molecular flexibility index (Phi) is 5.52. The highest BCUT2D eigenvalue weighted by molar-refractivity contribution is 7.80. The molecule has 0 atom stereocenters. The topological polar surface area (TPSA) is 54.3 Å². The van der Waals surface area contributed by atoms with Crippen LogP contribution in [0.15, 0.2) is 54.1 Å². The molecule has 0 unspecified atom stereocenters. The molecule has 2 amide bonds. The minimum atomic E-state index is -0.560. The van der Waals surface area contributed by atoms with Crippen LogP contribution in [0.5, 0.6) is 0 Å². The number of hydrogen-bond donors (Lipinski definition) is 1. The molecule has 1 N–H and O–H groups in total. The van der Waals surface area contributed by atoms with Crippen molar-refractivity contribution in [2.24, 2.45) is 0 Å². The number of thiocarbonyl (C=S) groups is 1. The lowest BCUT2D eigenvalue weighted by Gasteiger charge is -2.28. The minimum absolute atomic E-state index is 0.0374. The van der Waals surface area contributed by atoms with Crippen LogP contribution in [0.25, 0.3) is 11.8 Å². The van der Waals surface area contributed by atoms with E-state index in [2.05, 4.69) is 29.8 Å². The number of aromatic nitrogens is 1. The van der Waals surface area contributed by atoms with Gasteiger partial charge in [-0.1, -0.05) is 12.1 Å². The third-order valence-corrected chi connectivity index (χ3v) is 6.06. The number of rotatable bonds is 3. The lowest BCUT2D eigenvalue weighted by atomic mass is 10.1. The van der Waals surface area contributed by atoms with Crippen molar-refractivity contribution in [1.82, 2.24) is 9.88 Å². The number of hydrogen-bond acceptors (Lipinski definition) is 3. The second-order valence-electron chi connectivity index (χ2n) is 7.82. The molecule has 4 rings (SSSR count). The van der Waals surface area contributed by atoms with Gasteiger partial charge in [-0.15, -0.1) is 0 Å². The van der Waals surface area contributed by atoms with Crippen molar-refractivity contribution >= 4 is 40.9 Å². The Hall–Kier alpha value is -3.58. The number of carbonyl (C=O) groups excluding carboxylic acids is 2. The Bertz CT molecular complexity index is 1310. The van der Waals surface area contributed by atoms with Crippen molar-refractivity contribution in [3.05, 3.63) is 88.0 Å². The predicted octanol–water partition coefficient (Wildman–Crippen LogP) is 4.68. The number of halogens is 1. The highest BCUT2D eigenvalue weighted by atomic mass is 32.1. The lowest BCUT2D eigenvalue weighted by molar-refractivity contribution is -0.122. The maximum absolute atomic E-state index is 13.3. The molecule has 0 saturated carbocycles. The van der Waals surface area contributed by atoms with Crippen LogP contribution in [-0.2, 0) is 9.59 Å². The summed E-state index contributed by atoms with van der Waals surface area (Å²) in [5.74, 6) is -1.54. The van der Waals surface area contributed by atoms with E-state index < -0.39 is 17.6 Å². The highest BCUT2D eigenvalue weighted by Gasteiger charge is 2.34. The van der Waals surface area contributed by atoms with Gasteiger partial charge in [-0.05, 0) is 99.1 Å². The molecule has 162 valence electrons. The van der Waals surface area contributed by atoms with Gasteiger partial charge < -0.3 is 4.57 Å². The number of nitrogens with one attached hydrogen (secondary N) is 1. The molecule has 0 spiro atoms. The Morgan fingerprint density at radius 2 is 1.69 bits per heavy atom. The molecule has 1 saturated heterocycles. The van der Waals surface area contributed by atoms with E-state index in [4.69, 9.17) is 12.2 Å². The van der Waals surface area contributed by atoms with Crippen molar-refractivity contribution in [3.63, 3.8) is 0 Å². The van der Waals surface area contributed by atoms with Crippen molar-refractivity contribution in [1.29, 1.82) is 0 Å². The summed E-state index contributed by atoms with van der Waals surface area (Å²) in [5, 5.41) is 2.52. The molecule has 32 heavy (non-hydrogen) atoms. The van der Waals surface area contributed by atoms with Crippen LogP contribution in [0.3, 0.4) is 0 Å². The Morgan fingerprint density at radius 3 is 2.38 bits per heavy atom. The maximum Gasteiger partial charge on any atom is 0.270 e. The van der Waals surface area contributed by atoms with Gasteiger partial charge in [0.2, 0.25) is 0 Å². The van der Waals surface area contributed by atoms with E-state index in [1.54, 1.807) is 6.08 Å². The molecular weight excluding hydrogens is 425 g/mol. The van der Waals surface area contributed by atoms with Gasteiger partial charge in [0.05, 0.1) is 5.69 Å². The summed E-state index contributed by atoms with van der Waals surface area (Å²) in [6, 6.07) is 13.4. The first-order valence-corrected chi connectivity index (χ1v) is 10.5. The molecule has 1 aliphatic heterocycles. The van der Waals surface area contributed by atoms with Gasteiger partial charge in [-0.25, -0.2) is 4.39 Å². The second kappa shape index (κ2) is 8.16. The zero-order valence-corrected chi connectivity index (χ0v) is 19.0. The summed E-state index contributed by atoms with van der Waals surface area (Å²) in [6.07, 6.45) is 1.58. The van der Waals surface area contributed by atoms with Gasteiger partial charge in [0.1, 0.15) is 11.4 Å². The standard InChI is InChI=1S/C25H22FN3O2S/c1-14-6-5-7-22(16(14)3)28-15(2)12-18(17(28)4)13-21-23(30)27-25(32)29(24(21)31)20-10-8-19(26)9-11-20/h5-13H,1-4H3,(H,27,30,32)/b21-13-. The fraction of sp³-hybridized carbons (Fsp3) is 0.160. The number of nitrogens with zero attached hydrogens (tertiary/aromatic N) is 2. The van der Waals surface area contributed by atoms with E-state index in [-0.39, 0.29) is 10.7 Å². The SMILES string of the molecule is Cc1cccc(-n2c(C)cc(/C=C3/C(=O)NC(=S)N(c4ccc(F)cc4)C3=O)c2C)c1C. The van der Waals surface area contributed by atoms with E-state index in [1.165, 1.54) is 34.7 Å². The molecule has 7 heteroatoms.